The molecule has 4 rings (SSSR count). The van der Waals surface area contributed by atoms with Crippen LogP contribution in [0.4, 0.5) is 29.1 Å². The topological polar surface area (TPSA) is 146 Å². The van der Waals surface area contributed by atoms with E-state index in [9.17, 15) is 26.4 Å². The van der Waals surface area contributed by atoms with Crippen molar-refractivity contribution in [2.24, 2.45) is 0 Å². The van der Waals surface area contributed by atoms with Gasteiger partial charge in [0, 0.05) is 55.6 Å². The molecule has 4 aromatic rings. The number of hydrogen-bond donors (Lipinski definition) is 2. The molecule has 0 bridgehead atoms. The van der Waals surface area contributed by atoms with E-state index in [-0.39, 0.29) is 59.3 Å². The largest absolute Gasteiger partial charge is 0.497 e. The van der Waals surface area contributed by atoms with E-state index >= 15 is 4.39 Å². The van der Waals surface area contributed by atoms with Crippen molar-refractivity contribution in [1.82, 2.24) is 20.1 Å². The second-order valence-corrected chi connectivity index (χ2v) is 29.6. The molecule has 0 aliphatic heterocycles. The Bertz CT molecular complexity index is 2190. The number of benzene rings is 2. The van der Waals surface area contributed by atoms with Crippen LogP contribution in [0.2, 0.25) is 51.4 Å². The number of nitrogens with zero attached hydrogens (tertiary/aromatic N) is 4. The number of pyridine rings is 1. The summed E-state index contributed by atoms with van der Waals surface area (Å²) in [5.41, 5.74) is 0.359. The van der Waals surface area contributed by atoms with Gasteiger partial charge >= 0.3 is 6.18 Å². The summed E-state index contributed by atoms with van der Waals surface area (Å²) in [6.07, 6.45) is -5.09. The SMILES string of the molecule is CNC(=O)c1nn(COCC[Si](C)(C)C)c2cc(-c3cc(F)c(OCOCC[Si](C)(C)C)cc3CC(F)(F)F)nc(NCc3cc(OC)ccc3N(C)S(C)(=O)=O)c12. The van der Waals surface area contributed by atoms with Crippen LogP contribution in [0.3, 0.4) is 0 Å². The summed E-state index contributed by atoms with van der Waals surface area (Å²) < 4.78 is 108. The zero-order valence-corrected chi connectivity index (χ0v) is 37.5. The Kier molecular flexibility index (Phi) is 15.0. The monoisotopic (exact) mass is 870 g/mol. The molecule has 2 heterocycles. The lowest BCUT2D eigenvalue weighted by Crippen LogP contribution is -2.26. The van der Waals surface area contributed by atoms with E-state index in [2.05, 4.69) is 55.0 Å². The Hall–Kier alpha value is -4.25. The quantitative estimate of drug-likeness (QED) is 0.0392. The third kappa shape index (κ3) is 12.9. The number of hydrogen-bond acceptors (Lipinski definition) is 10. The zero-order valence-electron chi connectivity index (χ0n) is 34.7. The van der Waals surface area contributed by atoms with Gasteiger partial charge in [-0.25, -0.2) is 22.5 Å². The first-order chi connectivity index (χ1) is 26.9. The maximum atomic E-state index is 15.8. The number of carbonyl (C=O) groups excluding carboxylic acids is 1. The number of nitrogens with one attached hydrogen (secondary N) is 2. The van der Waals surface area contributed by atoms with Crippen molar-refractivity contribution in [3.8, 4) is 22.8 Å². The van der Waals surface area contributed by atoms with Gasteiger partial charge in [0.25, 0.3) is 5.91 Å². The molecule has 2 N–H and O–H groups in total. The smallest absolute Gasteiger partial charge is 0.393 e. The van der Waals surface area contributed by atoms with Crippen molar-refractivity contribution >= 4 is 54.5 Å². The normalized spacial score (nSPS) is 12.5. The average Bonchev–Trinajstić information content (AvgIpc) is 3.49. The lowest BCUT2D eigenvalue weighted by Gasteiger charge is -2.22. The van der Waals surface area contributed by atoms with Gasteiger partial charge in [0.1, 0.15) is 18.3 Å². The van der Waals surface area contributed by atoms with E-state index in [1.165, 1.54) is 32.0 Å². The molecule has 0 radical (unpaired) electrons. The highest BCUT2D eigenvalue weighted by Crippen LogP contribution is 2.38. The van der Waals surface area contributed by atoms with Gasteiger partial charge in [-0.1, -0.05) is 39.3 Å². The fourth-order valence-corrected chi connectivity index (χ4v) is 7.76. The molecule has 0 unspecified atom stereocenters. The molecule has 320 valence electrons. The predicted octanol–water partition coefficient (Wildman–Crippen LogP) is 7.72. The van der Waals surface area contributed by atoms with Gasteiger partial charge in [-0.05, 0) is 59.6 Å². The summed E-state index contributed by atoms with van der Waals surface area (Å²) in [7, 11) is -2.38. The molecule has 0 aliphatic rings. The number of fused-ring (bicyclic) bond motifs is 1. The number of methoxy groups -OCH3 is 1. The summed E-state index contributed by atoms with van der Waals surface area (Å²) in [5, 5.41) is 10.5. The van der Waals surface area contributed by atoms with Crippen LogP contribution in [0.5, 0.6) is 11.5 Å². The van der Waals surface area contributed by atoms with Crippen LogP contribution in [0.1, 0.15) is 21.6 Å². The van der Waals surface area contributed by atoms with Crippen molar-refractivity contribution in [2.75, 3.05) is 57.1 Å². The molecule has 58 heavy (non-hydrogen) atoms. The second kappa shape index (κ2) is 18.8. The molecule has 2 aromatic carbocycles. The number of amides is 1. The fourth-order valence-electron chi connectivity index (χ4n) is 5.71. The molecule has 13 nitrogen and oxygen atoms in total. The van der Waals surface area contributed by atoms with Crippen molar-refractivity contribution in [1.29, 1.82) is 0 Å². The van der Waals surface area contributed by atoms with Gasteiger partial charge < -0.3 is 29.6 Å². The van der Waals surface area contributed by atoms with E-state index in [0.29, 0.717) is 30.2 Å². The van der Waals surface area contributed by atoms with Crippen LogP contribution < -0.4 is 24.4 Å². The minimum atomic E-state index is -4.70. The van der Waals surface area contributed by atoms with E-state index in [1.54, 1.807) is 18.2 Å². The Balaban J connectivity index is 1.92. The van der Waals surface area contributed by atoms with E-state index < -0.39 is 56.2 Å². The molecule has 20 heteroatoms. The lowest BCUT2D eigenvalue weighted by molar-refractivity contribution is -0.127. The summed E-state index contributed by atoms with van der Waals surface area (Å²) in [4.78, 5) is 18.0. The van der Waals surface area contributed by atoms with E-state index in [1.807, 2.05) is 0 Å². The number of aromatic nitrogens is 3. The van der Waals surface area contributed by atoms with Gasteiger partial charge in [0.15, 0.2) is 24.1 Å². The summed E-state index contributed by atoms with van der Waals surface area (Å²) in [6, 6.07) is 9.79. The molecule has 2 aromatic heterocycles. The fraction of sp³-hybridized carbons (Fsp3) is 0.500. The van der Waals surface area contributed by atoms with Crippen LogP contribution in [0.25, 0.3) is 22.2 Å². The zero-order chi connectivity index (χ0) is 43.2. The van der Waals surface area contributed by atoms with Crippen LogP contribution in [-0.4, -0.2) is 98.9 Å². The predicted molar refractivity (Wildman–Crippen MR) is 223 cm³/mol. The Labute approximate surface area is 339 Å². The highest BCUT2D eigenvalue weighted by molar-refractivity contribution is 7.92. The molecule has 0 atom stereocenters. The Morgan fingerprint density at radius 1 is 0.966 bits per heavy atom. The third-order valence-corrected chi connectivity index (χ3v) is 13.7. The molecule has 0 fully saturated rings. The Morgan fingerprint density at radius 2 is 1.62 bits per heavy atom. The van der Waals surface area contributed by atoms with Gasteiger partial charge in [-0.3, -0.25) is 9.10 Å². The van der Waals surface area contributed by atoms with E-state index in [0.717, 1.165) is 34.8 Å². The van der Waals surface area contributed by atoms with Crippen LogP contribution in [0.15, 0.2) is 36.4 Å². The molecule has 0 aliphatic carbocycles. The van der Waals surface area contributed by atoms with Crippen LogP contribution in [0, 0.1) is 5.82 Å². The maximum Gasteiger partial charge on any atom is 0.393 e. The molecule has 1 amide bonds. The van der Waals surface area contributed by atoms with Crippen molar-refractivity contribution in [3.63, 3.8) is 0 Å². The highest BCUT2D eigenvalue weighted by Gasteiger charge is 2.31. The summed E-state index contributed by atoms with van der Waals surface area (Å²) in [5.74, 6) is -1.52. The van der Waals surface area contributed by atoms with Gasteiger partial charge in [0.05, 0.1) is 42.1 Å². The van der Waals surface area contributed by atoms with Crippen molar-refractivity contribution in [2.45, 2.75) is 77.2 Å². The van der Waals surface area contributed by atoms with E-state index in [4.69, 9.17) is 23.9 Å². The number of sulfonamides is 1. The first-order valence-corrected chi connectivity index (χ1v) is 27.8. The first-order valence-electron chi connectivity index (χ1n) is 18.6. The van der Waals surface area contributed by atoms with Crippen molar-refractivity contribution < 1.29 is 49.7 Å². The lowest BCUT2D eigenvalue weighted by atomic mass is 9.99. The van der Waals surface area contributed by atoms with Crippen molar-refractivity contribution in [3.05, 3.63) is 59.0 Å². The molecule has 0 spiro atoms. The molecular formula is C38H54F4N6O7SSi2. The number of ether oxygens (including phenoxy) is 4. The summed E-state index contributed by atoms with van der Waals surface area (Å²) >= 11 is 0. The number of rotatable bonds is 20. The van der Waals surface area contributed by atoms with Crippen LogP contribution >= 0.6 is 0 Å². The minimum Gasteiger partial charge on any atom is -0.497 e. The van der Waals surface area contributed by atoms with Crippen LogP contribution in [-0.2, 0) is 39.2 Å². The third-order valence-electron chi connectivity index (χ3n) is 9.07. The first kappa shape index (κ1) is 46.4. The molecule has 0 saturated carbocycles. The van der Waals surface area contributed by atoms with Gasteiger partial charge in [-0.15, -0.1) is 0 Å². The number of anilines is 2. The number of alkyl halides is 3. The summed E-state index contributed by atoms with van der Waals surface area (Å²) in [6.45, 7) is 13.2. The maximum absolute atomic E-state index is 15.8. The number of carbonyl (C=O) groups is 1. The average molecular weight is 871 g/mol. The Morgan fingerprint density at radius 3 is 2.21 bits per heavy atom. The molecular weight excluding hydrogens is 817 g/mol. The molecule has 0 saturated heterocycles. The minimum absolute atomic E-state index is 0.00437. The number of halogens is 4. The second-order valence-electron chi connectivity index (χ2n) is 16.3. The van der Waals surface area contributed by atoms with Gasteiger partial charge in [0.2, 0.25) is 10.0 Å². The standard InChI is InChI=1S/C38H54F4N6O7SSi2/c1-43-37(49)35-34-32(48(46-35)23-53-13-15-57(5,6)7)20-30(45-36(34)44-22-26-17-27(52-3)11-12-31(26)47(2)56(4,50)51)28-19-29(39)33(18-25(28)21-38(40,41)42)55-24-54-14-16-58(8,9)10/h11-12,17-20H,13-16,21-24H2,1-10H3,(H,43,49)(H,44,45). The van der Waals surface area contributed by atoms with Gasteiger partial charge in [-0.2, -0.15) is 18.3 Å². The highest BCUT2D eigenvalue weighted by atomic mass is 32.2.